The Kier molecular flexibility index (Phi) is 5.30. The first-order valence-electron chi connectivity index (χ1n) is 9.24. The van der Waals surface area contributed by atoms with Crippen molar-refractivity contribution in [1.29, 1.82) is 0 Å². The van der Waals surface area contributed by atoms with Crippen molar-refractivity contribution >= 4 is 17.5 Å². The lowest BCUT2D eigenvalue weighted by atomic mass is 9.79. The van der Waals surface area contributed by atoms with E-state index < -0.39 is 0 Å². The smallest absolute Gasteiger partial charge is 0.167 e. The van der Waals surface area contributed by atoms with Gasteiger partial charge in [-0.3, -0.25) is 4.79 Å². The molecule has 0 unspecified atom stereocenters. The molecule has 0 aromatic heterocycles. The SMILES string of the molecule is COc1ccc([C@@H](Sc2ccccc2)[C@@H]2CCc3ccccc3C2=O)cc1. The summed E-state index contributed by atoms with van der Waals surface area (Å²) in [7, 11) is 1.67. The van der Waals surface area contributed by atoms with Crippen LogP contribution in [-0.2, 0) is 6.42 Å². The van der Waals surface area contributed by atoms with Crippen molar-refractivity contribution < 1.29 is 9.53 Å². The van der Waals surface area contributed by atoms with Crippen molar-refractivity contribution in [3.05, 3.63) is 95.6 Å². The monoisotopic (exact) mass is 374 g/mol. The molecule has 3 aromatic carbocycles. The fourth-order valence-electron chi connectivity index (χ4n) is 3.73. The number of fused-ring (bicyclic) bond motifs is 1. The Morgan fingerprint density at radius 2 is 1.63 bits per heavy atom. The maximum absolute atomic E-state index is 13.3. The van der Waals surface area contributed by atoms with E-state index in [4.69, 9.17) is 4.74 Å². The number of ketones is 1. The molecule has 0 spiro atoms. The molecular formula is C24H22O2S. The zero-order valence-electron chi connectivity index (χ0n) is 15.3. The summed E-state index contributed by atoms with van der Waals surface area (Å²) in [4.78, 5) is 14.5. The fraction of sp³-hybridized carbons (Fsp3) is 0.208. The van der Waals surface area contributed by atoms with E-state index in [1.807, 2.05) is 48.5 Å². The van der Waals surface area contributed by atoms with Gasteiger partial charge in [0, 0.05) is 21.6 Å². The lowest BCUT2D eigenvalue weighted by molar-refractivity contribution is 0.0899. The van der Waals surface area contributed by atoms with Gasteiger partial charge in [0.05, 0.1) is 7.11 Å². The van der Waals surface area contributed by atoms with Gasteiger partial charge in [-0.25, -0.2) is 0 Å². The maximum Gasteiger partial charge on any atom is 0.167 e. The van der Waals surface area contributed by atoms with Crippen molar-refractivity contribution in [2.75, 3.05) is 7.11 Å². The number of hydrogen-bond acceptors (Lipinski definition) is 3. The minimum absolute atomic E-state index is 0.0292. The molecule has 136 valence electrons. The summed E-state index contributed by atoms with van der Waals surface area (Å²) >= 11 is 1.78. The molecule has 2 atom stereocenters. The van der Waals surface area contributed by atoms with Crippen molar-refractivity contribution in [2.24, 2.45) is 5.92 Å². The third-order valence-electron chi connectivity index (χ3n) is 5.16. The summed E-state index contributed by atoms with van der Waals surface area (Å²) in [5.41, 5.74) is 3.24. The highest BCUT2D eigenvalue weighted by Gasteiger charge is 2.34. The molecule has 4 rings (SSSR count). The van der Waals surface area contributed by atoms with Crippen LogP contribution in [-0.4, -0.2) is 12.9 Å². The molecule has 0 amide bonds. The maximum atomic E-state index is 13.3. The van der Waals surface area contributed by atoms with Crippen LogP contribution >= 0.6 is 11.8 Å². The summed E-state index contributed by atoms with van der Waals surface area (Å²) in [6, 6.07) is 26.5. The van der Waals surface area contributed by atoms with Crippen LogP contribution in [0.4, 0.5) is 0 Å². The van der Waals surface area contributed by atoms with Crippen LogP contribution in [0.5, 0.6) is 5.75 Å². The van der Waals surface area contributed by atoms with Crippen molar-refractivity contribution in [3.63, 3.8) is 0 Å². The van der Waals surface area contributed by atoms with Gasteiger partial charge in [0.1, 0.15) is 5.75 Å². The number of benzene rings is 3. The average molecular weight is 375 g/mol. The number of hydrogen-bond donors (Lipinski definition) is 0. The van der Waals surface area contributed by atoms with Crippen LogP contribution in [0.3, 0.4) is 0 Å². The van der Waals surface area contributed by atoms with E-state index in [1.54, 1.807) is 18.9 Å². The third kappa shape index (κ3) is 3.79. The number of Topliss-reactive ketones (excluding diaryl/α,β-unsaturated/α-hetero) is 1. The summed E-state index contributed by atoms with van der Waals surface area (Å²) in [5, 5.41) is 0.0826. The number of rotatable bonds is 5. The fourth-order valence-corrected chi connectivity index (χ4v) is 5.06. The molecule has 3 aromatic rings. The minimum Gasteiger partial charge on any atom is -0.497 e. The number of aryl methyl sites for hydroxylation is 1. The molecule has 2 nitrogen and oxygen atoms in total. The number of carbonyl (C=O) groups excluding carboxylic acids is 1. The predicted molar refractivity (Wildman–Crippen MR) is 111 cm³/mol. The molecule has 0 bridgehead atoms. The molecule has 1 aliphatic rings. The molecule has 0 aliphatic heterocycles. The van der Waals surface area contributed by atoms with Crippen molar-refractivity contribution in [3.8, 4) is 5.75 Å². The summed E-state index contributed by atoms with van der Waals surface area (Å²) in [6.07, 6.45) is 1.83. The van der Waals surface area contributed by atoms with Gasteiger partial charge in [-0.15, -0.1) is 11.8 Å². The van der Waals surface area contributed by atoms with Gasteiger partial charge in [0.15, 0.2) is 5.78 Å². The quantitative estimate of drug-likeness (QED) is 0.514. The van der Waals surface area contributed by atoms with Crippen molar-refractivity contribution in [2.45, 2.75) is 23.0 Å². The van der Waals surface area contributed by atoms with E-state index in [0.717, 1.165) is 24.2 Å². The Morgan fingerprint density at radius 3 is 2.37 bits per heavy atom. The normalized spacial score (nSPS) is 17.2. The first-order valence-corrected chi connectivity index (χ1v) is 10.1. The average Bonchev–Trinajstić information content (AvgIpc) is 2.74. The van der Waals surface area contributed by atoms with Crippen molar-refractivity contribution in [1.82, 2.24) is 0 Å². The molecule has 27 heavy (non-hydrogen) atoms. The van der Waals surface area contributed by atoms with E-state index in [-0.39, 0.29) is 17.0 Å². The first-order chi connectivity index (χ1) is 13.3. The topological polar surface area (TPSA) is 26.3 Å². The predicted octanol–water partition coefficient (Wildman–Crippen LogP) is 5.97. The Bertz CT molecular complexity index is 919. The molecule has 1 aliphatic carbocycles. The van der Waals surface area contributed by atoms with Gasteiger partial charge in [-0.1, -0.05) is 54.6 Å². The second-order valence-corrected chi connectivity index (χ2v) is 8.01. The van der Waals surface area contributed by atoms with Crippen LogP contribution < -0.4 is 4.74 Å². The van der Waals surface area contributed by atoms with Gasteiger partial charge >= 0.3 is 0 Å². The Balaban J connectivity index is 1.70. The van der Waals surface area contributed by atoms with Crippen LogP contribution in [0, 0.1) is 5.92 Å². The largest absolute Gasteiger partial charge is 0.497 e. The highest BCUT2D eigenvalue weighted by molar-refractivity contribution is 7.99. The highest BCUT2D eigenvalue weighted by atomic mass is 32.2. The molecule has 0 heterocycles. The number of ether oxygens (including phenoxy) is 1. The second-order valence-electron chi connectivity index (χ2n) is 6.79. The summed E-state index contributed by atoms with van der Waals surface area (Å²) in [5.74, 6) is 1.07. The Labute approximate surface area is 164 Å². The molecular weight excluding hydrogens is 352 g/mol. The van der Waals surface area contributed by atoms with Gasteiger partial charge in [-0.2, -0.15) is 0 Å². The van der Waals surface area contributed by atoms with Crippen LogP contribution in [0.15, 0.2) is 83.8 Å². The standard InChI is InChI=1S/C24H22O2S/c1-26-19-14-11-18(12-15-19)24(27-20-8-3-2-4-9-20)22-16-13-17-7-5-6-10-21(17)23(22)25/h2-12,14-15,22,24H,13,16H2,1H3/t22-,24-/m1/s1. The zero-order chi connectivity index (χ0) is 18.6. The van der Waals surface area contributed by atoms with Gasteiger partial charge in [0.25, 0.3) is 0 Å². The molecule has 3 heteroatoms. The lowest BCUT2D eigenvalue weighted by Crippen LogP contribution is -2.27. The van der Waals surface area contributed by atoms with E-state index in [9.17, 15) is 4.79 Å². The van der Waals surface area contributed by atoms with E-state index in [2.05, 4.69) is 30.3 Å². The molecule has 0 radical (unpaired) electrons. The Morgan fingerprint density at radius 1 is 0.926 bits per heavy atom. The molecule has 0 saturated carbocycles. The van der Waals surface area contributed by atoms with Gasteiger partial charge in [-0.05, 0) is 48.2 Å². The third-order valence-corrected chi connectivity index (χ3v) is 6.56. The molecule has 0 N–H and O–H groups in total. The number of methoxy groups -OCH3 is 1. The summed E-state index contributed by atoms with van der Waals surface area (Å²) < 4.78 is 5.31. The zero-order valence-corrected chi connectivity index (χ0v) is 16.1. The lowest BCUT2D eigenvalue weighted by Gasteiger charge is -2.30. The van der Waals surface area contributed by atoms with Gasteiger partial charge < -0.3 is 4.74 Å². The first kappa shape index (κ1) is 17.9. The van der Waals surface area contributed by atoms with E-state index >= 15 is 0 Å². The van der Waals surface area contributed by atoms with Gasteiger partial charge in [0.2, 0.25) is 0 Å². The van der Waals surface area contributed by atoms with Crippen LogP contribution in [0.1, 0.15) is 33.2 Å². The van der Waals surface area contributed by atoms with Crippen LogP contribution in [0.25, 0.3) is 0 Å². The number of thioether (sulfide) groups is 1. The molecule has 0 fully saturated rings. The second kappa shape index (κ2) is 8.01. The highest BCUT2D eigenvalue weighted by Crippen LogP contribution is 2.45. The van der Waals surface area contributed by atoms with Crippen LogP contribution in [0.2, 0.25) is 0 Å². The van der Waals surface area contributed by atoms with E-state index in [0.29, 0.717) is 0 Å². The Hall–Kier alpha value is -2.52. The minimum atomic E-state index is -0.0292. The summed E-state index contributed by atoms with van der Waals surface area (Å²) in [6.45, 7) is 0. The van der Waals surface area contributed by atoms with E-state index in [1.165, 1.54) is 16.0 Å². The number of carbonyl (C=O) groups is 1. The molecule has 0 saturated heterocycles.